The number of imidazole rings is 1. The maximum Gasteiger partial charge on any atom is 0.152 e. The first kappa shape index (κ1) is 12.1. The molecule has 5 nitrogen and oxygen atoms in total. The van der Waals surface area contributed by atoms with Gasteiger partial charge in [0.25, 0.3) is 0 Å². The Morgan fingerprint density at radius 3 is 3.05 bits per heavy atom. The topological polar surface area (TPSA) is 55.6 Å². The van der Waals surface area contributed by atoms with Gasteiger partial charge in [-0.1, -0.05) is 6.92 Å². The van der Waals surface area contributed by atoms with E-state index in [1.165, 1.54) is 0 Å². The number of fused-ring (bicyclic) bond motifs is 1. The van der Waals surface area contributed by atoms with Crippen molar-refractivity contribution in [1.29, 1.82) is 0 Å². The molecule has 0 fully saturated rings. The second-order valence-electron chi connectivity index (χ2n) is 4.20. The van der Waals surface area contributed by atoms with Crippen molar-refractivity contribution in [3.63, 3.8) is 0 Å². The average molecular weight is 273 g/mol. The molecule has 3 aromatic heterocycles. The van der Waals surface area contributed by atoms with Crippen LogP contribution in [0.5, 0.6) is 0 Å². The highest BCUT2D eigenvalue weighted by atomic mass is 32.1. The first-order chi connectivity index (χ1) is 9.31. The maximum absolute atomic E-state index is 4.61. The summed E-state index contributed by atoms with van der Waals surface area (Å²) in [6.45, 7) is 2.76. The van der Waals surface area contributed by atoms with E-state index < -0.39 is 0 Å². The Labute approximate surface area is 115 Å². The van der Waals surface area contributed by atoms with E-state index in [1.54, 1.807) is 11.3 Å². The van der Waals surface area contributed by atoms with Crippen LogP contribution in [0.25, 0.3) is 10.2 Å². The van der Waals surface area contributed by atoms with Crippen LogP contribution in [0.15, 0.2) is 23.8 Å². The lowest BCUT2D eigenvalue weighted by Crippen LogP contribution is -2.08. The molecule has 3 aromatic rings. The van der Waals surface area contributed by atoms with Gasteiger partial charge in [0.2, 0.25) is 0 Å². The fraction of sp³-hybridized carbons (Fsp3) is 0.308. The van der Waals surface area contributed by atoms with Crippen molar-refractivity contribution < 1.29 is 0 Å². The standard InChI is InChI=1S/C13H15N5S/c1-3-11-15-5-6-18(11)8-10-16-12(14-2)9-4-7-19-13(9)17-10/h4-7H,3,8H2,1-2H3,(H,14,16,17). The van der Waals surface area contributed by atoms with Crippen molar-refractivity contribution >= 4 is 27.4 Å². The summed E-state index contributed by atoms with van der Waals surface area (Å²) in [6, 6.07) is 2.05. The smallest absolute Gasteiger partial charge is 0.152 e. The van der Waals surface area contributed by atoms with Crippen molar-refractivity contribution in [2.75, 3.05) is 12.4 Å². The van der Waals surface area contributed by atoms with Crippen LogP contribution in [0, 0.1) is 0 Å². The van der Waals surface area contributed by atoms with Crippen LogP contribution in [-0.4, -0.2) is 26.6 Å². The van der Waals surface area contributed by atoms with E-state index in [4.69, 9.17) is 0 Å². The molecule has 0 aliphatic heterocycles. The Kier molecular flexibility index (Phi) is 3.16. The summed E-state index contributed by atoms with van der Waals surface area (Å²) in [7, 11) is 1.89. The molecule has 0 atom stereocenters. The van der Waals surface area contributed by atoms with Gasteiger partial charge in [-0.25, -0.2) is 15.0 Å². The number of nitrogens with one attached hydrogen (secondary N) is 1. The summed E-state index contributed by atoms with van der Waals surface area (Å²) in [5.74, 6) is 2.76. The maximum atomic E-state index is 4.61. The third kappa shape index (κ3) is 2.19. The number of aryl methyl sites for hydroxylation is 1. The molecule has 19 heavy (non-hydrogen) atoms. The molecule has 0 aliphatic rings. The first-order valence-corrected chi connectivity index (χ1v) is 7.11. The second-order valence-corrected chi connectivity index (χ2v) is 5.10. The summed E-state index contributed by atoms with van der Waals surface area (Å²) in [5.41, 5.74) is 0. The Bertz CT molecular complexity index is 700. The SMILES string of the molecule is CCc1nccn1Cc1nc(NC)c2ccsc2n1. The lowest BCUT2D eigenvalue weighted by atomic mass is 10.3. The molecule has 0 saturated heterocycles. The van der Waals surface area contributed by atoms with Crippen LogP contribution < -0.4 is 5.32 Å². The molecule has 6 heteroatoms. The van der Waals surface area contributed by atoms with E-state index in [2.05, 4.69) is 31.8 Å². The van der Waals surface area contributed by atoms with Gasteiger partial charge in [-0.15, -0.1) is 11.3 Å². The van der Waals surface area contributed by atoms with Crippen LogP contribution in [0.2, 0.25) is 0 Å². The Balaban J connectivity index is 2.01. The van der Waals surface area contributed by atoms with Crippen LogP contribution in [0.1, 0.15) is 18.6 Å². The molecule has 0 saturated carbocycles. The van der Waals surface area contributed by atoms with Gasteiger partial charge < -0.3 is 9.88 Å². The lowest BCUT2D eigenvalue weighted by molar-refractivity contribution is 0.701. The molecule has 0 spiro atoms. The monoisotopic (exact) mass is 273 g/mol. The van der Waals surface area contributed by atoms with Gasteiger partial charge in [-0.05, 0) is 11.4 Å². The van der Waals surface area contributed by atoms with Gasteiger partial charge in [-0.3, -0.25) is 0 Å². The van der Waals surface area contributed by atoms with E-state index in [1.807, 2.05) is 30.9 Å². The summed E-state index contributed by atoms with van der Waals surface area (Å²) >= 11 is 1.64. The molecule has 0 unspecified atom stereocenters. The second kappa shape index (κ2) is 4.97. The zero-order chi connectivity index (χ0) is 13.2. The summed E-state index contributed by atoms with van der Waals surface area (Å²) in [5, 5.41) is 6.26. The molecule has 3 rings (SSSR count). The van der Waals surface area contributed by atoms with E-state index in [-0.39, 0.29) is 0 Å². The normalized spacial score (nSPS) is 11.1. The predicted octanol–water partition coefficient (Wildman–Crippen LogP) is 2.54. The number of thiophene rings is 1. The third-order valence-corrected chi connectivity index (χ3v) is 3.84. The Hall–Kier alpha value is -1.95. The molecular formula is C13H15N5S. The Morgan fingerprint density at radius 2 is 2.26 bits per heavy atom. The molecule has 0 radical (unpaired) electrons. The average Bonchev–Trinajstić information content (AvgIpc) is 3.06. The molecular weight excluding hydrogens is 258 g/mol. The van der Waals surface area contributed by atoms with Gasteiger partial charge in [0.15, 0.2) is 5.82 Å². The highest BCUT2D eigenvalue weighted by Gasteiger charge is 2.09. The number of hydrogen-bond acceptors (Lipinski definition) is 5. The summed E-state index contributed by atoms with van der Waals surface area (Å²) in [4.78, 5) is 14.5. The quantitative estimate of drug-likeness (QED) is 0.793. The predicted molar refractivity (Wildman–Crippen MR) is 77.7 cm³/mol. The molecule has 0 amide bonds. The van der Waals surface area contributed by atoms with E-state index >= 15 is 0 Å². The first-order valence-electron chi connectivity index (χ1n) is 6.23. The Morgan fingerprint density at radius 1 is 1.37 bits per heavy atom. The van der Waals surface area contributed by atoms with Crippen molar-refractivity contribution in [3.8, 4) is 0 Å². The molecule has 1 N–H and O–H groups in total. The van der Waals surface area contributed by atoms with Crippen molar-refractivity contribution in [1.82, 2.24) is 19.5 Å². The molecule has 3 heterocycles. The van der Waals surface area contributed by atoms with Crippen LogP contribution in [-0.2, 0) is 13.0 Å². The highest BCUT2D eigenvalue weighted by molar-refractivity contribution is 7.16. The number of nitrogens with zero attached hydrogens (tertiary/aromatic N) is 4. The van der Waals surface area contributed by atoms with Gasteiger partial charge in [0, 0.05) is 25.9 Å². The van der Waals surface area contributed by atoms with Crippen molar-refractivity contribution in [2.24, 2.45) is 0 Å². The zero-order valence-corrected chi connectivity index (χ0v) is 11.7. The minimum atomic E-state index is 0.658. The summed E-state index contributed by atoms with van der Waals surface area (Å²) < 4.78 is 2.09. The third-order valence-electron chi connectivity index (χ3n) is 3.04. The van der Waals surface area contributed by atoms with Crippen molar-refractivity contribution in [3.05, 3.63) is 35.5 Å². The molecule has 0 aromatic carbocycles. The molecule has 0 aliphatic carbocycles. The van der Waals surface area contributed by atoms with Crippen LogP contribution in [0.3, 0.4) is 0 Å². The number of anilines is 1. The van der Waals surface area contributed by atoms with E-state index in [0.29, 0.717) is 6.54 Å². The number of aromatic nitrogens is 4. The minimum Gasteiger partial charge on any atom is -0.372 e. The fourth-order valence-corrected chi connectivity index (χ4v) is 2.89. The van der Waals surface area contributed by atoms with E-state index in [9.17, 15) is 0 Å². The van der Waals surface area contributed by atoms with Gasteiger partial charge in [0.1, 0.15) is 16.5 Å². The van der Waals surface area contributed by atoms with Crippen LogP contribution >= 0.6 is 11.3 Å². The van der Waals surface area contributed by atoms with E-state index in [0.717, 1.165) is 34.1 Å². The van der Waals surface area contributed by atoms with Crippen LogP contribution in [0.4, 0.5) is 5.82 Å². The fourth-order valence-electron chi connectivity index (χ4n) is 2.11. The van der Waals surface area contributed by atoms with Gasteiger partial charge in [0.05, 0.1) is 11.9 Å². The lowest BCUT2D eigenvalue weighted by Gasteiger charge is -2.08. The van der Waals surface area contributed by atoms with Gasteiger partial charge >= 0.3 is 0 Å². The van der Waals surface area contributed by atoms with Crippen molar-refractivity contribution in [2.45, 2.75) is 19.9 Å². The molecule has 0 bridgehead atoms. The number of hydrogen-bond donors (Lipinski definition) is 1. The zero-order valence-electron chi connectivity index (χ0n) is 10.9. The largest absolute Gasteiger partial charge is 0.372 e. The minimum absolute atomic E-state index is 0.658. The number of rotatable bonds is 4. The highest BCUT2D eigenvalue weighted by Crippen LogP contribution is 2.24. The summed E-state index contributed by atoms with van der Waals surface area (Å²) in [6.07, 6.45) is 4.70. The molecule has 98 valence electrons. The van der Waals surface area contributed by atoms with Gasteiger partial charge in [-0.2, -0.15) is 0 Å².